The molecule has 6 nitrogen and oxygen atoms in total. The predicted octanol–water partition coefficient (Wildman–Crippen LogP) is 18.5. The second kappa shape index (κ2) is 20.3. The molecule has 12 aromatic rings. The van der Waals surface area contributed by atoms with Crippen molar-refractivity contribution < 1.29 is 19.5 Å². The molecule has 12 aromatic carbocycles. The number of hydrogen-bond donors (Lipinski definition) is 2. The van der Waals surface area contributed by atoms with Crippen LogP contribution in [-0.2, 0) is 0 Å². The van der Waals surface area contributed by atoms with Gasteiger partial charge in [-0.2, -0.15) is 0 Å². The minimum absolute atomic E-state index is 0.555. The maximum absolute atomic E-state index is 9.44. The molecule has 0 saturated heterocycles. The van der Waals surface area contributed by atoms with Crippen LogP contribution in [0.25, 0.3) is 54.2 Å². The average molecular weight is 1150 g/mol. The van der Waals surface area contributed by atoms with E-state index in [1.54, 1.807) is 0 Å². The minimum Gasteiger partial charge on any atom is -0.453 e. The number of para-hydroxylation sites is 8. The van der Waals surface area contributed by atoms with Crippen LogP contribution in [0, 0.1) is 0 Å². The van der Waals surface area contributed by atoms with Crippen molar-refractivity contribution in [3.63, 3.8) is 0 Å². The van der Waals surface area contributed by atoms with Gasteiger partial charge in [-0.3, -0.25) is 0 Å². The highest BCUT2D eigenvalue weighted by Gasteiger charge is 2.27. The molecule has 0 fully saturated rings. The van der Waals surface area contributed by atoms with E-state index in [2.05, 4.69) is 179 Å². The number of hydrogen-bond acceptors (Lipinski definition) is 6. The lowest BCUT2D eigenvalue weighted by Gasteiger charge is -2.33. The largest absolute Gasteiger partial charge is 0.489 e. The zero-order valence-corrected chi connectivity index (χ0v) is 44.2. The number of ether oxygens (including phenoxy) is 2. The molecule has 356 valence electrons. The van der Waals surface area contributed by atoms with Gasteiger partial charge in [-0.1, -0.05) is 199 Å². The minimum atomic E-state index is -1.44. The molecule has 2 aliphatic rings. The smallest absolute Gasteiger partial charge is 0.453 e. The average Bonchev–Trinajstić information content (AvgIpc) is 3.43. The van der Waals surface area contributed by atoms with Gasteiger partial charge in [0.1, 0.15) is 0 Å². The van der Waals surface area contributed by atoms with E-state index in [9.17, 15) is 10.0 Å². The van der Waals surface area contributed by atoms with E-state index < -0.39 is 7.12 Å². The van der Waals surface area contributed by atoms with Gasteiger partial charge in [-0.05, 0) is 151 Å². The second-order valence-electron chi connectivity index (χ2n) is 17.9. The molecule has 14 rings (SSSR count). The van der Waals surface area contributed by atoms with Crippen LogP contribution in [0.1, 0.15) is 0 Å². The third-order valence-corrected chi connectivity index (χ3v) is 14.6. The maximum Gasteiger partial charge on any atom is 0.489 e. The van der Waals surface area contributed by atoms with E-state index in [-0.39, 0.29) is 0 Å². The summed E-state index contributed by atoms with van der Waals surface area (Å²) in [4.78, 5) is 4.50. The quantitative estimate of drug-likeness (QED) is 0.135. The fourth-order valence-electron chi connectivity index (χ4n) is 10.1. The summed E-state index contributed by atoms with van der Waals surface area (Å²) in [6, 6.07) is 82.6. The number of benzene rings is 12. The highest BCUT2D eigenvalue weighted by molar-refractivity contribution is 9.11. The maximum atomic E-state index is 9.44. The summed E-state index contributed by atoms with van der Waals surface area (Å²) in [5, 5.41) is 28.0. The second-order valence-corrected chi connectivity index (χ2v) is 20.6. The van der Waals surface area contributed by atoms with Gasteiger partial charge in [0, 0.05) is 24.8 Å². The summed E-state index contributed by atoms with van der Waals surface area (Å²) < 4.78 is 15.3. The summed E-state index contributed by atoms with van der Waals surface area (Å²) in [6.45, 7) is 0. The van der Waals surface area contributed by atoms with Gasteiger partial charge in [0.15, 0.2) is 23.0 Å². The third-order valence-electron chi connectivity index (χ3n) is 13.3. The zero-order chi connectivity index (χ0) is 50.3. The summed E-state index contributed by atoms with van der Waals surface area (Å²) in [6.07, 6.45) is 0. The normalized spacial score (nSPS) is 12.0. The Kier molecular flexibility index (Phi) is 13.0. The van der Waals surface area contributed by atoms with Crippen molar-refractivity contribution in [2.45, 2.75) is 0 Å². The number of halogens is 3. The number of nitrogens with zero attached hydrogens (tertiary/aromatic N) is 2. The van der Waals surface area contributed by atoms with Crippen molar-refractivity contribution in [2.24, 2.45) is 0 Å². The molecule has 0 atom stereocenters. The molecule has 0 unspecified atom stereocenters. The van der Waals surface area contributed by atoms with E-state index in [4.69, 9.17) is 9.47 Å². The van der Waals surface area contributed by atoms with E-state index in [0.29, 0.717) is 5.46 Å². The monoisotopic (exact) mass is 1150 g/mol. The highest BCUT2D eigenvalue weighted by Crippen LogP contribution is 2.53. The van der Waals surface area contributed by atoms with Crippen molar-refractivity contribution in [3.05, 3.63) is 256 Å². The molecule has 0 radical (unpaired) electrons. The first-order valence-corrected chi connectivity index (χ1v) is 26.4. The highest BCUT2D eigenvalue weighted by atomic mass is 79.9. The van der Waals surface area contributed by atoms with Crippen LogP contribution < -0.4 is 24.7 Å². The van der Waals surface area contributed by atoms with Crippen LogP contribution in [0.3, 0.4) is 0 Å². The molecule has 0 saturated carbocycles. The van der Waals surface area contributed by atoms with Gasteiger partial charge in [-0.15, -0.1) is 0 Å². The van der Waals surface area contributed by atoms with Gasteiger partial charge in [-0.25, -0.2) is 0 Å². The Morgan fingerprint density at radius 2 is 0.676 bits per heavy atom. The Morgan fingerprint density at radius 3 is 1.15 bits per heavy atom. The molecule has 0 aromatic heterocycles. The first-order chi connectivity index (χ1) is 36.3. The zero-order valence-electron chi connectivity index (χ0n) is 39.4. The summed E-state index contributed by atoms with van der Waals surface area (Å²) in [7, 11) is -1.44. The number of fused-ring (bicyclic) bond motifs is 10. The molecule has 0 bridgehead atoms. The van der Waals surface area contributed by atoms with Crippen LogP contribution in [0.5, 0.6) is 23.0 Å². The summed E-state index contributed by atoms with van der Waals surface area (Å²) in [5.74, 6) is 3.42. The van der Waals surface area contributed by atoms with Crippen LogP contribution >= 0.6 is 47.8 Å². The molecular weight excluding hydrogens is 1110 g/mol. The SMILES string of the molecule is Brc1cc(-c2cc3ccccc3c3ccccc23)cc(N2c3ccccc3Oc3ccccc32)c1.Brc1cc(Br)cc(N2c3ccccc3Oc3ccccc32)c1.OB(O)c1cc2ccccc2c2ccccc12. The van der Waals surface area contributed by atoms with E-state index in [1.165, 1.54) is 27.1 Å². The fraction of sp³-hybridized carbons (Fsp3) is 0. The lowest BCUT2D eigenvalue weighted by Crippen LogP contribution is -2.30. The molecule has 0 amide bonds. The Labute approximate surface area is 453 Å². The van der Waals surface area contributed by atoms with Crippen molar-refractivity contribution in [1.82, 2.24) is 0 Å². The molecule has 0 aliphatic carbocycles. The third kappa shape index (κ3) is 9.10. The molecule has 74 heavy (non-hydrogen) atoms. The number of rotatable bonds is 4. The van der Waals surface area contributed by atoms with E-state index >= 15 is 0 Å². The lowest BCUT2D eigenvalue weighted by atomic mass is 9.76. The molecule has 10 heteroatoms. The van der Waals surface area contributed by atoms with Crippen molar-refractivity contribution in [2.75, 3.05) is 9.80 Å². The van der Waals surface area contributed by atoms with Crippen molar-refractivity contribution >= 4 is 138 Å². The molecule has 2 heterocycles. The molecular formula is C64H42BBr3N2O4. The Balaban J connectivity index is 0.000000122. The molecule has 0 spiro atoms. The van der Waals surface area contributed by atoms with Gasteiger partial charge in [0.25, 0.3) is 0 Å². The predicted molar refractivity (Wildman–Crippen MR) is 317 cm³/mol. The fourth-order valence-corrected chi connectivity index (χ4v) is 11.8. The first kappa shape index (κ1) is 47.3. The topological polar surface area (TPSA) is 65.4 Å². The van der Waals surface area contributed by atoms with Crippen molar-refractivity contribution in [1.29, 1.82) is 0 Å². The standard InChI is InChI=1S/C32H20BrNO.C18H11Br2NO.C14H11BO2/c33-23-17-22(28-19-21-9-1-2-10-25(21)26-11-3-4-12-27(26)28)18-24(20-23)34-29-13-5-7-15-31(29)35-32-16-8-6-14-30(32)34;19-12-9-13(20)11-14(10-12)21-15-5-1-3-7-17(15)22-18-8-4-2-6-16(18)21;16-15(17)14-9-10-5-1-2-6-11(10)12-7-3-4-8-13(12)14/h1-20H;1-11H;1-9,16-17H. The van der Waals surface area contributed by atoms with Crippen molar-refractivity contribution in [3.8, 4) is 34.1 Å². The number of anilines is 6. The Bertz CT molecular complexity index is 4000. The lowest BCUT2D eigenvalue weighted by molar-refractivity contribution is 0.426. The summed E-state index contributed by atoms with van der Waals surface area (Å²) >= 11 is 11.0. The summed E-state index contributed by atoms with van der Waals surface area (Å²) in [5.41, 5.74) is 9.21. The van der Waals surface area contributed by atoms with E-state index in [0.717, 1.165) is 97.6 Å². The van der Waals surface area contributed by atoms with Gasteiger partial charge >= 0.3 is 7.12 Å². The molecule has 2 aliphatic heterocycles. The van der Waals surface area contributed by atoms with E-state index in [1.807, 2.05) is 121 Å². The Morgan fingerprint density at radius 1 is 0.324 bits per heavy atom. The molecule has 2 N–H and O–H groups in total. The van der Waals surface area contributed by atoms with Gasteiger partial charge < -0.3 is 29.3 Å². The van der Waals surface area contributed by atoms with Crippen LogP contribution in [0.2, 0.25) is 0 Å². The van der Waals surface area contributed by atoms with Gasteiger partial charge in [0.05, 0.1) is 22.7 Å². The van der Waals surface area contributed by atoms with Gasteiger partial charge in [0.2, 0.25) is 0 Å². The Hall–Kier alpha value is -7.70. The van der Waals surface area contributed by atoms with Crippen LogP contribution in [0.15, 0.2) is 256 Å². The van der Waals surface area contributed by atoms with Crippen LogP contribution in [0.4, 0.5) is 34.1 Å². The van der Waals surface area contributed by atoms with Crippen LogP contribution in [-0.4, -0.2) is 17.2 Å². The first-order valence-electron chi connectivity index (χ1n) is 24.0.